The van der Waals surface area contributed by atoms with E-state index in [-0.39, 0.29) is 24.3 Å². The van der Waals surface area contributed by atoms with Crippen molar-refractivity contribution in [2.75, 3.05) is 31.1 Å². The molecule has 7 heteroatoms. The summed E-state index contributed by atoms with van der Waals surface area (Å²) in [6.45, 7) is 8.15. The molecule has 2 aromatic rings. The number of piperazine rings is 1. The molecule has 28 heavy (non-hydrogen) atoms. The van der Waals surface area contributed by atoms with Crippen molar-refractivity contribution < 1.29 is 9.59 Å². The van der Waals surface area contributed by atoms with Crippen molar-refractivity contribution in [2.45, 2.75) is 32.9 Å². The fourth-order valence-corrected chi connectivity index (χ4v) is 5.31. The third-order valence-electron chi connectivity index (χ3n) is 5.64. The van der Waals surface area contributed by atoms with Crippen LogP contribution in [0, 0.1) is 13.8 Å². The monoisotopic (exact) mass is 417 g/mol. The molecule has 1 aromatic heterocycles. The van der Waals surface area contributed by atoms with Gasteiger partial charge in [-0.1, -0.05) is 29.8 Å². The lowest BCUT2D eigenvalue weighted by Crippen LogP contribution is -2.52. The SMILES string of the molecule is Cc1cccc(C)c1N1C(=O)C[C@H](N2CCN(Cc3ccc(Cl)s3)CC2)C1=O. The Labute approximate surface area is 174 Å². The summed E-state index contributed by atoms with van der Waals surface area (Å²) < 4.78 is 0.815. The molecule has 2 amide bonds. The maximum atomic E-state index is 13.1. The molecule has 0 spiro atoms. The number of carbonyl (C=O) groups excluding carboxylic acids is 2. The van der Waals surface area contributed by atoms with Gasteiger partial charge in [0.1, 0.15) is 0 Å². The molecule has 3 heterocycles. The average molecular weight is 418 g/mol. The molecular formula is C21H24ClN3O2S. The minimum Gasteiger partial charge on any atom is -0.296 e. The average Bonchev–Trinajstić information content (AvgIpc) is 3.19. The molecule has 148 valence electrons. The molecule has 2 fully saturated rings. The molecular weight excluding hydrogens is 394 g/mol. The summed E-state index contributed by atoms with van der Waals surface area (Å²) in [5.74, 6) is -0.177. The topological polar surface area (TPSA) is 43.9 Å². The predicted molar refractivity (Wildman–Crippen MR) is 113 cm³/mol. The molecule has 4 rings (SSSR count). The Morgan fingerprint density at radius 2 is 1.71 bits per heavy atom. The van der Waals surface area contributed by atoms with E-state index in [1.807, 2.05) is 38.1 Å². The second kappa shape index (κ2) is 7.95. The zero-order valence-electron chi connectivity index (χ0n) is 16.2. The molecule has 2 saturated heterocycles. The number of halogens is 1. The number of aryl methyl sites for hydroxylation is 2. The number of rotatable bonds is 4. The summed E-state index contributed by atoms with van der Waals surface area (Å²) >= 11 is 7.63. The zero-order chi connectivity index (χ0) is 19.8. The third-order valence-corrected chi connectivity index (χ3v) is 6.86. The Balaban J connectivity index is 1.42. The summed E-state index contributed by atoms with van der Waals surface area (Å²) in [5.41, 5.74) is 2.68. The lowest BCUT2D eigenvalue weighted by molar-refractivity contribution is -0.123. The lowest BCUT2D eigenvalue weighted by atomic mass is 10.1. The molecule has 2 aliphatic rings. The van der Waals surface area contributed by atoms with Gasteiger partial charge in [0.2, 0.25) is 5.91 Å². The number of nitrogens with zero attached hydrogens (tertiary/aromatic N) is 3. The number of hydrogen-bond donors (Lipinski definition) is 0. The van der Waals surface area contributed by atoms with Gasteiger partial charge in [-0.15, -0.1) is 11.3 Å². The van der Waals surface area contributed by atoms with Crippen LogP contribution in [0.15, 0.2) is 30.3 Å². The largest absolute Gasteiger partial charge is 0.296 e. The van der Waals surface area contributed by atoms with E-state index in [1.165, 1.54) is 9.78 Å². The van der Waals surface area contributed by atoms with Gasteiger partial charge in [-0.05, 0) is 37.1 Å². The second-order valence-electron chi connectivity index (χ2n) is 7.55. The number of hydrogen-bond acceptors (Lipinski definition) is 5. The van der Waals surface area contributed by atoms with E-state index < -0.39 is 0 Å². The summed E-state index contributed by atoms with van der Waals surface area (Å²) in [7, 11) is 0. The van der Waals surface area contributed by atoms with Crippen LogP contribution in [0.1, 0.15) is 22.4 Å². The summed E-state index contributed by atoms with van der Waals surface area (Å²) in [6, 6.07) is 9.52. The van der Waals surface area contributed by atoms with Crippen LogP contribution in [0.5, 0.6) is 0 Å². The molecule has 0 aliphatic carbocycles. The van der Waals surface area contributed by atoms with E-state index in [0.717, 1.165) is 53.9 Å². The van der Waals surface area contributed by atoms with Crippen LogP contribution >= 0.6 is 22.9 Å². The minimum atomic E-state index is -0.343. The van der Waals surface area contributed by atoms with E-state index in [0.29, 0.717) is 0 Å². The standard InChI is InChI=1S/C21H24ClN3O2S/c1-14-4-3-5-15(2)20(14)25-19(26)12-17(21(25)27)24-10-8-23(9-11-24)13-16-6-7-18(22)28-16/h3-7,17H,8-13H2,1-2H3/t17-/m0/s1. The van der Waals surface area contributed by atoms with Crippen LogP contribution in [0.4, 0.5) is 5.69 Å². The van der Waals surface area contributed by atoms with E-state index in [1.54, 1.807) is 11.3 Å². The van der Waals surface area contributed by atoms with Gasteiger partial charge in [-0.3, -0.25) is 19.4 Å². The quantitative estimate of drug-likeness (QED) is 0.714. The zero-order valence-corrected chi connectivity index (χ0v) is 17.7. The van der Waals surface area contributed by atoms with E-state index in [4.69, 9.17) is 11.6 Å². The number of amides is 2. The molecule has 0 bridgehead atoms. The maximum Gasteiger partial charge on any atom is 0.251 e. The normalized spacial score (nSPS) is 21.7. The number of imide groups is 1. The predicted octanol–water partition coefficient (Wildman–Crippen LogP) is 3.47. The highest BCUT2D eigenvalue weighted by Gasteiger charge is 2.44. The molecule has 1 atom stereocenters. The van der Waals surface area contributed by atoms with E-state index >= 15 is 0 Å². The number of thiophene rings is 1. The van der Waals surface area contributed by atoms with Crippen molar-refractivity contribution in [2.24, 2.45) is 0 Å². The number of para-hydroxylation sites is 1. The van der Waals surface area contributed by atoms with Gasteiger partial charge < -0.3 is 0 Å². The maximum absolute atomic E-state index is 13.1. The molecule has 0 N–H and O–H groups in total. The first kappa shape index (κ1) is 19.6. The Bertz CT molecular complexity index is 885. The fraction of sp³-hybridized carbons (Fsp3) is 0.429. The van der Waals surface area contributed by atoms with Gasteiger partial charge in [0.15, 0.2) is 0 Å². The highest BCUT2D eigenvalue weighted by Crippen LogP contribution is 2.31. The van der Waals surface area contributed by atoms with E-state index in [9.17, 15) is 9.59 Å². The van der Waals surface area contributed by atoms with Crippen LogP contribution in [-0.4, -0.2) is 53.8 Å². The molecule has 1 aromatic carbocycles. The van der Waals surface area contributed by atoms with Crippen molar-refractivity contribution in [3.8, 4) is 0 Å². The molecule has 2 aliphatic heterocycles. The third kappa shape index (κ3) is 3.74. The highest BCUT2D eigenvalue weighted by molar-refractivity contribution is 7.16. The van der Waals surface area contributed by atoms with Crippen molar-refractivity contribution in [3.63, 3.8) is 0 Å². The van der Waals surface area contributed by atoms with Crippen LogP contribution < -0.4 is 4.90 Å². The fourth-order valence-electron chi connectivity index (χ4n) is 4.18. The smallest absolute Gasteiger partial charge is 0.251 e. The lowest BCUT2D eigenvalue weighted by Gasteiger charge is -2.36. The summed E-state index contributed by atoms with van der Waals surface area (Å²) in [6.07, 6.45) is 0.271. The highest BCUT2D eigenvalue weighted by atomic mass is 35.5. The van der Waals surface area contributed by atoms with Gasteiger partial charge in [0.25, 0.3) is 5.91 Å². The first-order chi connectivity index (χ1) is 13.4. The summed E-state index contributed by atoms with van der Waals surface area (Å²) in [5, 5.41) is 0. The summed E-state index contributed by atoms with van der Waals surface area (Å²) in [4.78, 5) is 33.1. The number of benzene rings is 1. The minimum absolute atomic E-state index is 0.0825. The van der Waals surface area contributed by atoms with Crippen LogP contribution in [0.2, 0.25) is 4.34 Å². The van der Waals surface area contributed by atoms with Gasteiger partial charge in [0, 0.05) is 37.6 Å². The second-order valence-corrected chi connectivity index (χ2v) is 9.35. The van der Waals surface area contributed by atoms with E-state index in [2.05, 4.69) is 15.9 Å². The first-order valence-electron chi connectivity index (χ1n) is 9.57. The molecule has 0 unspecified atom stereocenters. The molecule has 0 saturated carbocycles. The Morgan fingerprint density at radius 3 is 2.32 bits per heavy atom. The van der Waals surface area contributed by atoms with Crippen molar-refractivity contribution >= 4 is 40.4 Å². The van der Waals surface area contributed by atoms with Gasteiger partial charge in [0.05, 0.1) is 22.5 Å². The Hall–Kier alpha value is -1.73. The number of carbonyl (C=O) groups is 2. The van der Waals surface area contributed by atoms with Crippen molar-refractivity contribution in [1.82, 2.24) is 9.80 Å². The van der Waals surface area contributed by atoms with Gasteiger partial charge >= 0.3 is 0 Å². The van der Waals surface area contributed by atoms with Crippen LogP contribution in [-0.2, 0) is 16.1 Å². The van der Waals surface area contributed by atoms with Crippen LogP contribution in [0.25, 0.3) is 0 Å². The van der Waals surface area contributed by atoms with Crippen molar-refractivity contribution in [3.05, 3.63) is 50.7 Å². The Morgan fingerprint density at radius 1 is 1.04 bits per heavy atom. The number of anilines is 1. The van der Waals surface area contributed by atoms with Crippen LogP contribution in [0.3, 0.4) is 0 Å². The molecule has 5 nitrogen and oxygen atoms in total. The van der Waals surface area contributed by atoms with Gasteiger partial charge in [-0.25, -0.2) is 4.90 Å². The van der Waals surface area contributed by atoms with Crippen molar-refractivity contribution in [1.29, 1.82) is 0 Å². The molecule has 0 radical (unpaired) electrons. The van der Waals surface area contributed by atoms with Gasteiger partial charge in [-0.2, -0.15) is 0 Å². The Kier molecular flexibility index (Phi) is 5.56. The first-order valence-corrected chi connectivity index (χ1v) is 10.8.